The highest BCUT2D eigenvalue weighted by atomic mass is 35.5. The van der Waals surface area contributed by atoms with E-state index in [1.54, 1.807) is 36.4 Å². The van der Waals surface area contributed by atoms with Gasteiger partial charge in [-0.1, -0.05) is 17.7 Å². The monoisotopic (exact) mass is 412 g/mol. The van der Waals surface area contributed by atoms with E-state index in [0.717, 1.165) is 11.1 Å². The third kappa shape index (κ3) is 4.03. The summed E-state index contributed by atoms with van der Waals surface area (Å²) in [6.07, 6.45) is 1.65. The molecular formula is C21H14ClFN2O2S. The Kier molecular flexibility index (Phi) is 5.07. The zero-order chi connectivity index (χ0) is 19.7. The molecule has 0 radical (unpaired) electrons. The molecule has 4 rings (SSSR count). The van der Waals surface area contributed by atoms with Gasteiger partial charge in [-0.2, -0.15) is 0 Å². The van der Waals surface area contributed by atoms with Crippen LogP contribution in [0.1, 0.15) is 11.3 Å². The van der Waals surface area contributed by atoms with Gasteiger partial charge < -0.3 is 9.73 Å². The lowest BCUT2D eigenvalue weighted by molar-refractivity contribution is -0.115. The number of halogens is 2. The van der Waals surface area contributed by atoms with E-state index in [0.29, 0.717) is 32.3 Å². The number of carbonyl (C=O) groups excluding carboxylic acids is 1. The zero-order valence-corrected chi connectivity index (χ0v) is 16.3. The minimum Gasteiger partial charge on any atom is -0.457 e. The molecule has 0 saturated carbocycles. The van der Waals surface area contributed by atoms with Gasteiger partial charge in [-0.05, 0) is 72.8 Å². The molecule has 0 aliphatic carbocycles. The lowest BCUT2D eigenvalue weighted by atomic mass is 10.2. The fraction of sp³-hybridized carbons (Fsp3) is 0.0476. The SMILES string of the molecule is Cc1ccc(N=C2NC(=O)/C(=C/c3ccc(-c4ccc(F)cc4)o3)S2)cc1Cl. The van der Waals surface area contributed by atoms with Crippen molar-refractivity contribution in [2.75, 3.05) is 0 Å². The van der Waals surface area contributed by atoms with Gasteiger partial charge in [-0.3, -0.25) is 4.79 Å². The van der Waals surface area contributed by atoms with E-state index in [1.807, 2.05) is 19.1 Å². The van der Waals surface area contributed by atoms with Crippen molar-refractivity contribution in [3.63, 3.8) is 0 Å². The van der Waals surface area contributed by atoms with Gasteiger partial charge in [0, 0.05) is 16.7 Å². The molecule has 1 aliphatic heterocycles. The summed E-state index contributed by atoms with van der Waals surface area (Å²) in [7, 11) is 0. The average molecular weight is 413 g/mol. The van der Waals surface area contributed by atoms with E-state index in [1.165, 1.54) is 23.9 Å². The Labute approximate surface area is 170 Å². The highest BCUT2D eigenvalue weighted by Crippen LogP contribution is 2.31. The van der Waals surface area contributed by atoms with E-state index in [-0.39, 0.29) is 11.7 Å². The molecule has 0 spiro atoms. The molecule has 4 nitrogen and oxygen atoms in total. The Morgan fingerprint density at radius 3 is 2.68 bits per heavy atom. The van der Waals surface area contributed by atoms with Crippen LogP contribution < -0.4 is 5.32 Å². The number of carbonyl (C=O) groups is 1. The maximum atomic E-state index is 13.1. The maximum Gasteiger partial charge on any atom is 0.264 e. The highest BCUT2D eigenvalue weighted by molar-refractivity contribution is 8.18. The van der Waals surface area contributed by atoms with Crippen LogP contribution in [-0.4, -0.2) is 11.1 Å². The molecule has 28 heavy (non-hydrogen) atoms. The van der Waals surface area contributed by atoms with Crippen molar-refractivity contribution in [3.05, 3.63) is 81.7 Å². The number of amides is 1. The van der Waals surface area contributed by atoms with Gasteiger partial charge in [0.25, 0.3) is 5.91 Å². The number of aliphatic imine (C=N–C) groups is 1. The first kappa shape index (κ1) is 18.5. The second-order valence-electron chi connectivity index (χ2n) is 6.12. The van der Waals surface area contributed by atoms with E-state index in [9.17, 15) is 9.18 Å². The number of thioether (sulfide) groups is 1. The number of amidine groups is 1. The van der Waals surface area contributed by atoms with Crippen molar-refractivity contribution in [2.45, 2.75) is 6.92 Å². The summed E-state index contributed by atoms with van der Waals surface area (Å²) in [6.45, 7) is 1.91. The molecule has 0 unspecified atom stereocenters. The second-order valence-corrected chi connectivity index (χ2v) is 7.56. The molecule has 7 heteroatoms. The summed E-state index contributed by atoms with van der Waals surface area (Å²) in [5, 5.41) is 3.83. The van der Waals surface area contributed by atoms with Crippen LogP contribution in [0, 0.1) is 12.7 Å². The van der Waals surface area contributed by atoms with Crippen LogP contribution in [0.4, 0.5) is 10.1 Å². The molecule has 1 fully saturated rings. The summed E-state index contributed by atoms with van der Waals surface area (Å²) in [5.74, 6) is 0.565. The maximum absolute atomic E-state index is 13.1. The Balaban J connectivity index is 1.54. The van der Waals surface area contributed by atoms with Crippen LogP contribution in [0.3, 0.4) is 0 Å². The second kappa shape index (κ2) is 7.66. The van der Waals surface area contributed by atoms with E-state index >= 15 is 0 Å². The van der Waals surface area contributed by atoms with Crippen LogP contribution >= 0.6 is 23.4 Å². The summed E-state index contributed by atoms with van der Waals surface area (Å²) < 4.78 is 18.8. The molecule has 1 amide bonds. The van der Waals surface area contributed by atoms with Crippen molar-refractivity contribution in [1.82, 2.24) is 5.32 Å². The standard InChI is InChI=1S/C21H14ClFN2O2S/c1-12-2-7-15(10-17(12)22)24-21-25-20(26)19(28-21)11-16-8-9-18(27-16)13-3-5-14(23)6-4-13/h2-11H,1H3,(H,24,25,26)/b19-11-. The van der Waals surface area contributed by atoms with Crippen LogP contribution in [-0.2, 0) is 4.79 Å². The van der Waals surface area contributed by atoms with Crippen LogP contribution in [0.25, 0.3) is 17.4 Å². The molecule has 3 aromatic rings. The van der Waals surface area contributed by atoms with Crippen molar-refractivity contribution in [3.8, 4) is 11.3 Å². The molecule has 2 heterocycles. The quantitative estimate of drug-likeness (QED) is 0.541. The fourth-order valence-electron chi connectivity index (χ4n) is 2.58. The zero-order valence-electron chi connectivity index (χ0n) is 14.7. The molecule has 1 aromatic heterocycles. The van der Waals surface area contributed by atoms with Crippen molar-refractivity contribution in [1.29, 1.82) is 0 Å². The smallest absolute Gasteiger partial charge is 0.264 e. The number of aryl methyl sites for hydroxylation is 1. The summed E-state index contributed by atoms with van der Waals surface area (Å²) in [5.41, 5.74) is 2.38. The van der Waals surface area contributed by atoms with Crippen LogP contribution in [0.15, 0.2) is 68.9 Å². The lowest BCUT2D eigenvalue weighted by Gasteiger charge is -2.00. The number of nitrogens with one attached hydrogen (secondary N) is 1. The number of hydrogen-bond acceptors (Lipinski definition) is 4. The van der Waals surface area contributed by atoms with E-state index in [4.69, 9.17) is 16.0 Å². The number of nitrogens with zero attached hydrogens (tertiary/aromatic N) is 1. The summed E-state index contributed by atoms with van der Waals surface area (Å²) in [4.78, 5) is 17.1. The van der Waals surface area contributed by atoms with Gasteiger partial charge >= 0.3 is 0 Å². The molecule has 1 saturated heterocycles. The first-order valence-corrected chi connectivity index (χ1v) is 9.59. The minimum atomic E-state index is -0.307. The first-order valence-electron chi connectivity index (χ1n) is 8.39. The lowest BCUT2D eigenvalue weighted by Crippen LogP contribution is -2.19. The number of rotatable bonds is 3. The van der Waals surface area contributed by atoms with E-state index in [2.05, 4.69) is 10.3 Å². The predicted molar refractivity (Wildman–Crippen MR) is 111 cm³/mol. The highest BCUT2D eigenvalue weighted by Gasteiger charge is 2.24. The Morgan fingerprint density at radius 2 is 1.93 bits per heavy atom. The molecule has 2 aromatic carbocycles. The van der Waals surface area contributed by atoms with Gasteiger partial charge in [-0.15, -0.1) is 0 Å². The molecule has 1 N–H and O–H groups in total. The molecule has 1 aliphatic rings. The average Bonchev–Trinajstić information content (AvgIpc) is 3.26. The third-order valence-corrected chi connectivity index (χ3v) is 5.38. The van der Waals surface area contributed by atoms with Gasteiger partial charge in [0.15, 0.2) is 5.17 Å². The molecule has 0 bridgehead atoms. The number of benzene rings is 2. The van der Waals surface area contributed by atoms with Crippen molar-refractivity contribution >= 4 is 46.2 Å². The Bertz CT molecular complexity index is 1120. The van der Waals surface area contributed by atoms with Crippen molar-refractivity contribution < 1.29 is 13.6 Å². The van der Waals surface area contributed by atoms with Crippen LogP contribution in [0.5, 0.6) is 0 Å². The van der Waals surface area contributed by atoms with E-state index < -0.39 is 0 Å². The Hall–Kier alpha value is -2.83. The van der Waals surface area contributed by atoms with Gasteiger partial charge in [-0.25, -0.2) is 9.38 Å². The molecular weight excluding hydrogens is 399 g/mol. The van der Waals surface area contributed by atoms with Crippen LogP contribution in [0.2, 0.25) is 5.02 Å². The Morgan fingerprint density at radius 1 is 1.14 bits per heavy atom. The van der Waals surface area contributed by atoms with Crippen molar-refractivity contribution in [2.24, 2.45) is 4.99 Å². The summed E-state index contributed by atoms with van der Waals surface area (Å²) >= 11 is 7.34. The predicted octanol–water partition coefficient (Wildman–Crippen LogP) is 5.94. The number of hydrogen-bond donors (Lipinski definition) is 1. The number of furan rings is 1. The topological polar surface area (TPSA) is 54.6 Å². The normalized spacial score (nSPS) is 16.8. The fourth-order valence-corrected chi connectivity index (χ4v) is 3.57. The largest absolute Gasteiger partial charge is 0.457 e. The van der Waals surface area contributed by atoms with Gasteiger partial charge in [0.05, 0.1) is 10.6 Å². The van der Waals surface area contributed by atoms with Gasteiger partial charge in [0.2, 0.25) is 0 Å². The first-order chi connectivity index (χ1) is 13.5. The molecule has 140 valence electrons. The molecule has 0 atom stereocenters. The third-order valence-electron chi connectivity index (χ3n) is 4.07. The van der Waals surface area contributed by atoms with Gasteiger partial charge in [0.1, 0.15) is 17.3 Å². The minimum absolute atomic E-state index is 0.248. The summed E-state index contributed by atoms with van der Waals surface area (Å²) in [6, 6.07) is 15.0.